The first-order chi connectivity index (χ1) is 10.3. The van der Waals surface area contributed by atoms with E-state index >= 15 is 0 Å². The Hall–Kier alpha value is -1.40. The zero-order valence-electron chi connectivity index (χ0n) is 13.7. The number of aromatic nitrogens is 1. The highest BCUT2D eigenvalue weighted by Gasteiger charge is 2.38. The molecule has 2 aliphatic heterocycles. The van der Waals surface area contributed by atoms with Crippen molar-refractivity contribution in [3.63, 3.8) is 0 Å². The van der Waals surface area contributed by atoms with Crippen molar-refractivity contribution in [2.75, 3.05) is 49.9 Å². The van der Waals surface area contributed by atoms with E-state index in [4.69, 9.17) is 5.73 Å². The van der Waals surface area contributed by atoms with Gasteiger partial charge in [-0.15, -0.1) is 0 Å². The van der Waals surface area contributed by atoms with Gasteiger partial charge in [-0.25, -0.2) is 4.98 Å². The Morgan fingerprint density at radius 3 is 2.32 bits per heavy atom. The highest BCUT2D eigenvalue weighted by atomic mass is 19.1. The van der Waals surface area contributed by atoms with Gasteiger partial charge in [0.05, 0.1) is 5.69 Å². The van der Waals surface area contributed by atoms with Crippen LogP contribution in [0.3, 0.4) is 0 Å². The molecule has 0 atom stereocenters. The predicted molar refractivity (Wildman–Crippen MR) is 87.5 cm³/mol. The first-order valence-corrected chi connectivity index (χ1v) is 8.00. The van der Waals surface area contributed by atoms with Crippen LogP contribution in [0, 0.1) is 5.95 Å². The lowest BCUT2D eigenvalue weighted by molar-refractivity contribution is -0.0237. The van der Waals surface area contributed by atoms with E-state index in [0.717, 1.165) is 39.3 Å². The SMILES string of the molecule is CC(C)(C)N1CC(N2CCN(c3ccc(N)nc3F)CC2)C1. The summed E-state index contributed by atoms with van der Waals surface area (Å²) in [6.07, 6.45) is 0. The standard InChI is InChI=1S/C16H26FN5/c1-16(2,3)22-10-12(11-22)20-6-8-21(9-7-20)13-4-5-14(18)19-15(13)17/h4-5,12H,6-11H2,1-3H3,(H2,18,19). The average Bonchev–Trinajstić information content (AvgIpc) is 2.36. The fraction of sp³-hybridized carbons (Fsp3) is 0.688. The monoisotopic (exact) mass is 307 g/mol. The predicted octanol–water partition coefficient (Wildman–Crippen LogP) is 1.41. The third kappa shape index (κ3) is 3.03. The fourth-order valence-corrected chi connectivity index (χ4v) is 3.24. The van der Waals surface area contributed by atoms with E-state index in [2.05, 4.69) is 40.5 Å². The molecule has 0 saturated carbocycles. The molecule has 1 aromatic rings. The fourth-order valence-electron chi connectivity index (χ4n) is 3.24. The van der Waals surface area contributed by atoms with Gasteiger partial charge in [-0.3, -0.25) is 9.80 Å². The Labute approximate surface area is 131 Å². The number of nitrogen functional groups attached to an aromatic ring is 1. The zero-order valence-corrected chi connectivity index (χ0v) is 13.7. The maximum Gasteiger partial charge on any atom is 0.238 e. The Bertz CT molecular complexity index is 528. The van der Waals surface area contributed by atoms with Crippen molar-refractivity contribution in [3.05, 3.63) is 18.1 Å². The van der Waals surface area contributed by atoms with Crippen LogP contribution in [0.5, 0.6) is 0 Å². The van der Waals surface area contributed by atoms with E-state index in [-0.39, 0.29) is 11.4 Å². The smallest absolute Gasteiger partial charge is 0.238 e. The lowest BCUT2D eigenvalue weighted by Crippen LogP contribution is -2.66. The topological polar surface area (TPSA) is 48.6 Å². The molecule has 3 heterocycles. The molecular formula is C16H26FN5. The second-order valence-electron chi connectivity index (χ2n) is 7.30. The van der Waals surface area contributed by atoms with E-state index < -0.39 is 5.95 Å². The van der Waals surface area contributed by atoms with Gasteiger partial charge in [-0.1, -0.05) is 0 Å². The van der Waals surface area contributed by atoms with Gasteiger partial charge in [0.15, 0.2) is 0 Å². The van der Waals surface area contributed by atoms with Crippen LogP contribution in [0.4, 0.5) is 15.9 Å². The highest BCUT2D eigenvalue weighted by Crippen LogP contribution is 2.26. The van der Waals surface area contributed by atoms with Crippen LogP contribution < -0.4 is 10.6 Å². The Kier molecular flexibility index (Phi) is 3.99. The van der Waals surface area contributed by atoms with Gasteiger partial charge in [-0.05, 0) is 32.9 Å². The van der Waals surface area contributed by atoms with Gasteiger partial charge in [0.25, 0.3) is 0 Å². The number of rotatable bonds is 2. The third-order valence-corrected chi connectivity index (χ3v) is 4.83. The number of piperazine rings is 1. The summed E-state index contributed by atoms with van der Waals surface area (Å²) < 4.78 is 13.9. The second kappa shape index (κ2) is 5.66. The van der Waals surface area contributed by atoms with Gasteiger partial charge < -0.3 is 10.6 Å². The number of likely N-dealkylation sites (tertiary alicyclic amines) is 1. The quantitative estimate of drug-likeness (QED) is 0.837. The number of pyridine rings is 1. The molecule has 0 radical (unpaired) electrons. The molecule has 2 fully saturated rings. The summed E-state index contributed by atoms with van der Waals surface area (Å²) in [7, 11) is 0. The van der Waals surface area contributed by atoms with Crippen molar-refractivity contribution in [2.45, 2.75) is 32.4 Å². The first-order valence-electron chi connectivity index (χ1n) is 8.00. The highest BCUT2D eigenvalue weighted by molar-refractivity contribution is 5.49. The third-order valence-electron chi connectivity index (χ3n) is 4.83. The van der Waals surface area contributed by atoms with E-state index in [9.17, 15) is 4.39 Å². The largest absolute Gasteiger partial charge is 0.384 e. The molecule has 6 heteroatoms. The minimum Gasteiger partial charge on any atom is -0.384 e. The summed E-state index contributed by atoms with van der Waals surface area (Å²) in [5.41, 5.74) is 6.34. The van der Waals surface area contributed by atoms with Crippen molar-refractivity contribution in [2.24, 2.45) is 0 Å². The molecule has 0 aliphatic carbocycles. The molecule has 122 valence electrons. The summed E-state index contributed by atoms with van der Waals surface area (Å²) in [4.78, 5) is 10.8. The van der Waals surface area contributed by atoms with E-state index in [1.165, 1.54) is 0 Å². The van der Waals surface area contributed by atoms with Crippen LogP contribution >= 0.6 is 0 Å². The van der Waals surface area contributed by atoms with Crippen LogP contribution in [0.15, 0.2) is 12.1 Å². The number of anilines is 2. The van der Waals surface area contributed by atoms with Crippen molar-refractivity contribution in [3.8, 4) is 0 Å². The molecule has 2 aliphatic rings. The van der Waals surface area contributed by atoms with E-state index in [1.807, 2.05) is 0 Å². The summed E-state index contributed by atoms with van der Waals surface area (Å²) in [6, 6.07) is 4.05. The number of halogens is 1. The molecule has 1 aromatic heterocycles. The molecular weight excluding hydrogens is 281 g/mol. The normalized spacial score (nSPS) is 21.9. The van der Waals surface area contributed by atoms with E-state index in [1.54, 1.807) is 12.1 Å². The van der Waals surface area contributed by atoms with Crippen LogP contribution in [0.1, 0.15) is 20.8 Å². The summed E-state index contributed by atoms with van der Waals surface area (Å²) >= 11 is 0. The number of hydrogen-bond acceptors (Lipinski definition) is 5. The molecule has 2 N–H and O–H groups in total. The molecule has 0 amide bonds. The Morgan fingerprint density at radius 2 is 1.77 bits per heavy atom. The minimum atomic E-state index is -0.462. The maximum atomic E-state index is 13.9. The second-order valence-corrected chi connectivity index (χ2v) is 7.30. The van der Waals surface area contributed by atoms with E-state index in [0.29, 0.717) is 11.7 Å². The number of nitrogens with zero attached hydrogens (tertiary/aromatic N) is 4. The molecule has 0 aromatic carbocycles. The summed E-state index contributed by atoms with van der Waals surface area (Å²) in [6.45, 7) is 12.7. The van der Waals surface area contributed by atoms with Crippen LogP contribution in [0.2, 0.25) is 0 Å². The summed E-state index contributed by atoms with van der Waals surface area (Å²) in [5, 5.41) is 0. The molecule has 0 spiro atoms. The van der Waals surface area contributed by atoms with Gasteiger partial charge in [-0.2, -0.15) is 4.39 Å². The molecule has 22 heavy (non-hydrogen) atoms. The molecule has 3 rings (SSSR count). The summed E-state index contributed by atoms with van der Waals surface area (Å²) in [5.74, 6) is -0.229. The van der Waals surface area contributed by atoms with Crippen molar-refractivity contribution < 1.29 is 4.39 Å². The number of nitrogens with two attached hydrogens (primary N) is 1. The van der Waals surface area contributed by atoms with Gasteiger partial charge in [0.1, 0.15) is 5.82 Å². The van der Waals surface area contributed by atoms with Crippen molar-refractivity contribution in [1.29, 1.82) is 0 Å². The first kappa shape index (κ1) is 15.5. The van der Waals surface area contributed by atoms with Crippen molar-refractivity contribution >= 4 is 11.5 Å². The maximum absolute atomic E-state index is 13.9. The van der Waals surface area contributed by atoms with Crippen LogP contribution in [-0.4, -0.2) is 65.6 Å². The van der Waals surface area contributed by atoms with Gasteiger partial charge >= 0.3 is 0 Å². The number of hydrogen-bond donors (Lipinski definition) is 1. The molecule has 0 bridgehead atoms. The lowest BCUT2D eigenvalue weighted by Gasteiger charge is -2.53. The van der Waals surface area contributed by atoms with Gasteiger partial charge in [0.2, 0.25) is 5.95 Å². The van der Waals surface area contributed by atoms with Crippen LogP contribution in [0.25, 0.3) is 0 Å². The zero-order chi connectivity index (χ0) is 15.9. The minimum absolute atomic E-state index is 0.233. The molecule has 0 unspecified atom stereocenters. The van der Waals surface area contributed by atoms with Gasteiger partial charge in [0, 0.05) is 50.8 Å². The molecule has 2 saturated heterocycles. The van der Waals surface area contributed by atoms with Crippen molar-refractivity contribution in [1.82, 2.24) is 14.8 Å². The Morgan fingerprint density at radius 1 is 1.14 bits per heavy atom. The Balaban J connectivity index is 1.53. The molecule has 5 nitrogen and oxygen atoms in total. The average molecular weight is 307 g/mol. The lowest BCUT2D eigenvalue weighted by atomic mass is 9.96. The van der Waals surface area contributed by atoms with Crippen LogP contribution in [-0.2, 0) is 0 Å².